The van der Waals surface area contributed by atoms with Crippen molar-refractivity contribution in [3.8, 4) is 0 Å². The number of furan rings is 2. The zero-order valence-corrected chi connectivity index (χ0v) is 33.5. The first kappa shape index (κ1) is 37.4. The summed E-state index contributed by atoms with van der Waals surface area (Å²) >= 11 is 7.39. The van der Waals surface area contributed by atoms with Crippen molar-refractivity contribution in [2.45, 2.75) is 155 Å². The number of allylic oxidation sites excluding steroid dienone is 2. The number of nitrogens with zero attached hydrogens (tertiary/aromatic N) is 1. The van der Waals surface area contributed by atoms with Gasteiger partial charge in [0.1, 0.15) is 11.5 Å². The highest BCUT2D eigenvalue weighted by molar-refractivity contribution is 9.10. The van der Waals surface area contributed by atoms with Crippen molar-refractivity contribution < 1.29 is 18.4 Å². The predicted octanol–water partition coefficient (Wildman–Crippen LogP) is 13.5. The Morgan fingerprint density at radius 1 is 0.600 bits per heavy atom. The van der Waals surface area contributed by atoms with Crippen LogP contribution in [0.5, 0.6) is 0 Å². The van der Waals surface area contributed by atoms with Crippen LogP contribution in [0.2, 0.25) is 0 Å². The summed E-state index contributed by atoms with van der Waals surface area (Å²) in [4.78, 5) is 29.8. The molecule has 0 N–H and O–H groups in total. The van der Waals surface area contributed by atoms with E-state index in [9.17, 15) is 9.59 Å². The normalized spacial score (nSPS) is 17.3. The number of unbranched alkanes of at least 4 members (excludes halogenated alkanes) is 18. The van der Waals surface area contributed by atoms with Crippen LogP contribution in [0, 0.1) is 5.92 Å². The van der Waals surface area contributed by atoms with Crippen LogP contribution in [-0.4, -0.2) is 16.6 Å². The summed E-state index contributed by atoms with van der Waals surface area (Å²) in [6.45, 7) is 4.53. The lowest BCUT2D eigenvalue weighted by Crippen LogP contribution is -2.23. The fourth-order valence-corrected chi connectivity index (χ4v) is 9.46. The number of fused-ring (bicyclic) bond motifs is 7. The van der Waals surface area contributed by atoms with E-state index < -0.39 is 5.92 Å². The fraction of sp³-hybridized carbons (Fsp3) is 0.581. The van der Waals surface area contributed by atoms with E-state index in [4.69, 9.17) is 8.83 Å². The Labute approximate surface area is 316 Å². The summed E-state index contributed by atoms with van der Waals surface area (Å²) in [5.74, 6) is 0.505. The van der Waals surface area contributed by atoms with E-state index >= 15 is 0 Å². The van der Waals surface area contributed by atoms with Gasteiger partial charge in [0.05, 0.1) is 17.1 Å². The SMILES string of the molecule is CCCCCCCCCCCCc1c(Br)oc2c1C=CC1C(=O)C3=C4c5oc(Br)c(CCCCCCCCCCCC)c5C=CN4C(=O)C3=C21. The summed E-state index contributed by atoms with van der Waals surface area (Å²) in [5, 5.41) is 0. The van der Waals surface area contributed by atoms with Crippen molar-refractivity contribution in [3.05, 3.63) is 66.5 Å². The van der Waals surface area contributed by atoms with Gasteiger partial charge in [-0.1, -0.05) is 142 Å². The molecule has 0 aromatic carbocycles. The summed E-state index contributed by atoms with van der Waals surface area (Å²) < 4.78 is 14.1. The Morgan fingerprint density at radius 2 is 1.06 bits per heavy atom. The van der Waals surface area contributed by atoms with Gasteiger partial charge in [0, 0.05) is 34.0 Å². The van der Waals surface area contributed by atoms with Gasteiger partial charge in [-0.25, -0.2) is 0 Å². The van der Waals surface area contributed by atoms with Crippen LogP contribution in [0.3, 0.4) is 0 Å². The molecule has 5 nitrogen and oxygen atoms in total. The van der Waals surface area contributed by atoms with Gasteiger partial charge in [-0.05, 0) is 63.6 Å². The smallest absolute Gasteiger partial charge is 0.263 e. The highest BCUT2D eigenvalue weighted by atomic mass is 79.9. The Hall–Kier alpha value is -2.38. The zero-order valence-electron chi connectivity index (χ0n) is 30.3. The van der Waals surface area contributed by atoms with Gasteiger partial charge in [0.2, 0.25) is 0 Å². The van der Waals surface area contributed by atoms with Crippen molar-refractivity contribution in [2.24, 2.45) is 5.92 Å². The maximum Gasteiger partial charge on any atom is 0.263 e. The van der Waals surface area contributed by atoms with Gasteiger partial charge < -0.3 is 8.83 Å². The minimum atomic E-state index is -0.520. The molecule has 4 aliphatic rings. The molecule has 2 aromatic heterocycles. The first-order valence-corrected chi connectivity index (χ1v) is 21.4. The van der Waals surface area contributed by atoms with Gasteiger partial charge in [-0.2, -0.15) is 0 Å². The quantitative estimate of drug-likeness (QED) is 0.111. The minimum Gasteiger partial charge on any atom is -0.449 e. The first-order chi connectivity index (χ1) is 24.5. The number of carbonyl (C=O) groups excluding carboxylic acids is 2. The lowest BCUT2D eigenvalue weighted by Gasteiger charge is -2.21. The molecule has 2 aromatic rings. The number of carbonyl (C=O) groups is 2. The third kappa shape index (κ3) is 7.84. The van der Waals surface area contributed by atoms with Crippen LogP contribution in [0.1, 0.15) is 176 Å². The molecule has 0 bridgehead atoms. The van der Waals surface area contributed by atoms with Crippen LogP contribution < -0.4 is 0 Å². The number of Topliss-reactive ketones (excluding diaryl/α,β-unsaturated/α-hetero) is 1. The number of hydrogen-bond donors (Lipinski definition) is 0. The van der Waals surface area contributed by atoms with Crippen LogP contribution >= 0.6 is 31.9 Å². The average Bonchev–Trinajstić information content (AvgIpc) is 3.80. The maximum atomic E-state index is 14.1. The van der Waals surface area contributed by atoms with E-state index in [0.29, 0.717) is 43.3 Å². The molecule has 0 saturated carbocycles. The molecule has 0 spiro atoms. The van der Waals surface area contributed by atoms with Crippen LogP contribution in [0.25, 0.3) is 23.4 Å². The lowest BCUT2D eigenvalue weighted by molar-refractivity contribution is -0.121. The molecule has 270 valence electrons. The van der Waals surface area contributed by atoms with Gasteiger partial charge in [0.15, 0.2) is 20.9 Å². The Morgan fingerprint density at radius 3 is 1.58 bits per heavy atom. The minimum absolute atomic E-state index is 0.0588. The Kier molecular flexibility index (Phi) is 13.4. The Bertz CT molecular complexity index is 1540. The molecule has 2 aliphatic heterocycles. The zero-order chi connectivity index (χ0) is 35.0. The second-order valence-electron chi connectivity index (χ2n) is 14.8. The highest BCUT2D eigenvalue weighted by Crippen LogP contribution is 2.55. The van der Waals surface area contributed by atoms with Crippen molar-refractivity contribution in [1.82, 2.24) is 4.90 Å². The Balaban J connectivity index is 1.12. The molecule has 0 radical (unpaired) electrons. The molecular formula is C43H55Br2NO4. The van der Waals surface area contributed by atoms with Gasteiger partial charge in [-0.15, -0.1) is 0 Å². The fourth-order valence-electron chi connectivity index (χ4n) is 8.32. The number of rotatable bonds is 22. The largest absolute Gasteiger partial charge is 0.449 e. The van der Waals surface area contributed by atoms with Crippen LogP contribution in [0.4, 0.5) is 0 Å². The number of hydrogen-bond acceptors (Lipinski definition) is 4. The van der Waals surface area contributed by atoms with Crippen molar-refractivity contribution in [1.29, 1.82) is 0 Å². The molecular weight excluding hydrogens is 754 g/mol. The van der Waals surface area contributed by atoms with E-state index in [1.165, 1.54) is 116 Å². The van der Waals surface area contributed by atoms with Crippen LogP contribution in [0.15, 0.2) is 41.6 Å². The monoisotopic (exact) mass is 807 g/mol. The molecule has 2 aliphatic carbocycles. The summed E-state index contributed by atoms with van der Waals surface area (Å²) in [6, 6.07) is 0. The van der Waals surface area contributed by atoms with E-state index in [1.54, 1.807) is 4.90 Å². The molecule has 1 atom stereocenters. The highest BCUT2D eigenvalue weighted by Gasteiger charge is 2.52. The van der Waals surface area contributed by atoms with Crippen molar-refractivity contribution in [2.75, 3.05) is 0 Å². The lowest BCUT2D eigenvalue weighted by atomic mass is 9.87. The molecule has 50 heavy (non-hydrogen) atoms. The van der Waals surface area contributed by atoms with Crippen molar-refractivity contribution >= 4 is 67.0 Å². The standard InChI is InChI=1S/C43H55Br2NO4/c1-3-5-7-9-11-13-15-17-19-21-23-31-29-25-26-33-34(39(29)49-41(31)44)35-36(38(33)47)37-40-30(27-28-46(37)43(35)48)32(42(45)50-40)24-22-20-18-16-14-12-10-8-6-4-2/h25-28,33H,3-24H2,1-2H3. The van der Waals surface area contributed by atoms with Gasteiger partial charge >= 0.3 is 0 Å². The molecule has 1 unspecified atom stereocenters. The molecule has 0 fully saturated rings. The molecule has 4 heterocycles. The second-order valence-corrected chi connectivity index (χ2v) is 16.2. The summed E-state index contributed by atoms with van der Waals surface area (Å²) in [7, 11) is 0. The third-order valence-electron chi connectivity index (χ3n) is 11.1. The first-order valence-electron chi connectivity index (χ1n) is 19.8. The summed E-state index contributed by atoms with van der Waals surface area (Å²) in [6.07, 6.45) is 35.4. The van der Waals surface area contributed by atoms with Gasteiger partial charge in [-0.3, -0.25) is 14.5 Å². The van der Waals surface area contributed by atoms with Crippen molar-refractivity contribution in [3.63, 3.8) is 0 Å². The van der Waals surface area contributed by atoms with Crippen LogP contribution in [-0.2, 0) is 22.4 Å². The number of halogens is 2. The van der Waals surface area contributed by atoms with Gasteiger partial charge in [0.25, 0.3) is 5.91 Å². The third-order valence-corrected chi connectivity index (χ3v) is 12.4. The van der Waals surface area contributed by atoms with E-state index in [2.05, 4.69) is 45.7 Å². The van der Waals surface area contributed by atoms with E-state index in [1.807, 2.05) is 24.4 Å². The van der Waals surface area contributed by atoms with E-state index in [0.717, 1.165) is 47.9 Å². The predicted molar refractivity (Wildman–Crippen MR) is 211 cm³/mol. The van der Waals surface area contributed by atoms with E-state index in [-0.39, 0.29) is 11.7 Å². The average molecular weight is 810 g/mol. The summed E-state index contributed by atoms with van der Waals surface area (Å²) in [5.41, 5.74) is 6.44. The molecule has 6 rings (SSSR count). The number of amides is 1. The topological polar surface area (TPSA) is 63.7 Å². The molecule has 0 saturated heterocycles. The maximum absolute atomic E-state index is 14.1. The second kappa shape index (κ2) is 17.9. The number of ketones is 1. The molecule has 1 amide bonds. The molecule has 7 heteroatoms.